The number of piperidine rings is 1. The molecule has 2 amide bonds. The lowest BCUT2D eigenvalue weighted by molar-refractivity contribution is -0.135. The molecule has 0 saturated carbocycles. The minimum absolute atomic E-state index is 0.0649. The number of carbonyl (C=O) groups is 2. The Kier molecular flexibility index (Phi) is 9.21. The first kappa shape index (κ1) is 27.1. The van der Waals surface area contributed by atoms with Crippen LogP contribution in [0.4, 0.5) is 0 Å². The maximum absolute atomic E-state index is 13.3. The average molecular weight is 545 g/mol. The number of nitrogens with one attached hydrogen (secondary N) is 1. The molecule has 3 aromatic rings. The van der Waals surface area contributed by atoms with Gasteiger partial charge in [-0.15, -0.1) is 11.3 Å². The topological polar surface area (TPSA) is 93.4 Å². The first-order valence-electron chi connectivity index (χ1n) is 12.9. The Hall–Kier alpha value is -2.91. The molecule has 0 aliphatic carbocycles. The number of hydrogen-bond donors (Lipinski definition) is 1. The lowest BCUT2D eigenvalue weighted by Gasteiger charge is -2.33. The summed E-state index contributed by atoms with van der Waals surface area (Å²) in [6.07, 6.45) is 5.31. The van der Waals surface area contributed by atoms with Gasteiger partial charge in [-0.05, 0) is 62.1 Å². The second kappa shape index (κ2) is 12.6. The van der Waals surface area contributed by atoms with Gasteiger partial charge in [0.25, 0.3) is 5.56 Å². The summed E-state index contributed by atoms with van der Waals surface area (Å²) in [5, 5.41) is 5.27. The van der Waals surface area contributed by atoms with Gasteiger partial charge in [-0.3, -0.25) is 23.5 Å². The van der Waals surface area contributed by atoms with E-state index >= 15 is 0 Å². The van der Waals surface area contributed by atoms with Crippen LogP contribution >= 0.6 is 22.9 Å². The number of halogens is 1. The lowest BCUT2D eigenvalue weighted by atomic mass is 10.0. The van der Waals surface area contributed by atoms with E-state index in [1.54, 1.807) is 17.5 Å². The molecule has 2 aromatic heterocycles. The molecule has 1 aliphatic rings. The third-order valence-electron chi connectivity index (χ3n) is 6.97. The molecule has 198 valence electrons. The second-order valence-electron chi connectivity index (χ2n) is 9.57. The van der Waals surface area contributed by atoms with Gasteiger partial charge in [0.2, 0.25) is 11.8 Å². The summed E-state index contributed by atoms with van der Waals surface area (Å²) in [6.45, 7) is 3.30. The maximum Gasteiger partial charge on any atom is 0.332 e. The summed E-state index contributed by atoms with van der Waals surface area (Å²) < 4.78 is 3.17. The van der Waals surface area contributed by atoms with Crippen molar-refractivity contribution in [3.8, 4) is 0 Å². The SMILES string of the molecule is CC1CCCCN1C(=O)Cn1c(=O)n(CCCCCC(=O)NCc2ccccc2Cl)c(=O)c2sccc21. The van der Waals surface area contributed by atoms with E-state index in [1.807, 2.05) is 30.0 Å². The van der Waals surface area contributed by atoms with Crippen LogP contribution in [-0.4, -0.2) is 38.4 Å². The van der Waals surface area contributed by atoms with Crippen LogP contribution in [0.5, 0.6) is 0 Å². The van der Waals surface area contributed by atoms with Crippen LogP contribution in [0.15, 0.2) is 45.3 Å². The van der Waals surface area contributed by atoms with Crippen LogP contribution in [0, 0.1) is 0 Å². The molecule has 0 spiro atoms. The molecule has 8 nitrogen and oxygen atoms in total. The van der Waals surface area contributed by atoms with Gasteiger partial charge >= 0.3 is 5.69 Å². The predicted octanol–water partition coefficient (Wildman–Crippen LogP) is 4.16. The van der Waals surface area contributed by atoms with Crippen LogP contribution in [0.3, 0.4) is 0 Å². The molecule has 10 heteroatoms. The standard InChI is InChI=1S/C27H33ClN4O4S/c1-19-9-6-8-14-30(19)24(34)18-32-22-13-16-37-25(22)26(35)31(27(32)36)15-7-2-3-12-23(33)29-17-20-10-4-5-11-21(20)28/h4-5,10-11,13,16,19H,2-3,6-9,12,14-15,17-18H2,1H3,(H,29,33). The number of aromatic nitrogens is 2. The van der Waals surface area contributed by atoms with Gasteiger partial charge in [-0.2, -0.15) is 0 Å². The molecule has 1 N–H and O–H groups in total. The fraction of sp³-hybridized carbons (Fsp3) is 0.481. The Morgan fingerprint density at radius 3 is 2.68 bits per heavy atom. The van der Waals surface area contributed by atoms with Crippen LogP contribution in [0.25, 0.3) is 10.2 Å². The summed E-state index contributed by atoms with van der Waals surface area (Å²) in [5.41, 5.74) is 0.615. The number of amides is 2. The largest absolute Gasteiger partial charge is 0.352 e. The predicted molar refractivity (Wildman–Crippen MR) is 147 cm³/mol. The van der Waals surface area contributed by atoms with Crippen molar-refractivity contribution in [2.45, 2.75) is 77.5 Å². The van der Waals surface area contributed by atoms with Gasteiger partial charge in [0, 0.05) is 37.1 Å². The number of fused-ring (bicyclic) bond motifs is 1. The minimum atomic E-state index is -0.452. The molecule has 3 heterocycles. The smallest absolute Gasteiger partial charge is 0.332 e. The van der Waals surface area contributed by atoms with Gasteiger partial charge in [0.1, 0.15) is 11.2 Å². The molecule has 1 unspecified atom stereocenters. The molecule has 4 rings (SSSR count). The molecule has 1 aromatic carbocycles. The Morgan fingerprint density at radius 1 is 1.08 bits per heavy atom. The molecular weight excluding hydrogens is 512 g/mol. The number of nitrogens with zero attached hydrogens (tertiary/aromatic N) is 3. The van der Waals surface area contributed by atoms with E-state index in [4.69, 9.17) is 11.6 Å². The summed E-state index contributed by atoms with van der Waals surface area (Å²) in [4.78, 5) is 53.4. The molecular formula is C27H33ClN4O4S. The van der Waals surface area contributed by atoms with Gasteiger partial charge < -0.3 is 10.2 Å². The number of thiophene rings is 1. The van der Waals surface area contributed by atoms with E-state index in [0.29, 0.717) is 54.0 Å². The van der Waals surface area contributed by atoms with Crippen molar-refractivity contribution in [3.63, 3.8) is 0 Å². The fourth-order valence-corrected chi connectivity index (χ4v) is 5.88. The van der Waals surface area contributed by atoms with E-state index in [2.05, 4.69) is 5.32 Å². The number of benzene rings is 1. The molecule has 1 aliphatic heterocycles. The Balaban J connectivity index is 1.35. The maximum atomic E-state index is 13.3. The molecule has 1 saturated heterocycles. The van der Waals surface area contributed by atoms with Crippen molar-refractivity contribution in [2.75, 3.05) is 6.54 Å². The van der Waals surface area contributed by atoms with Crippen LogP contribution in [0.1, 0.15) is 57.4 Å². The summed E-state index contributed by atoms with van der Waals surface area (Å²) in [5.74, 6) is -0.153. The Labute approximate surface area is 224 Å². The monoisotopic (exact) mass is 544 g/mol. The summed E-state index contributed by atoms with van der Waals surface area (Å²) in [6, 6.07) is 9.27. The molecule has 1 atom stereocenters. The van der Waals surface area contributed by atoms with Gasteiger partial charge in [0.15, 0.2) is 0 Å². The van der Waals surface area contributed by atoms with Crippen LogP contribution in [0.2, 0.25) is 5.02 Å². The van der Waals surface area contributed by atoms with Gasteiger partial charge in [-0.25, -0.2) is 4.79 Å². The third kappa shape index (κ3) is 6.51. The fourth-order valence-electron chi connectivity index (χ4n) is 4.83. The number of hydrogen-bond acceptors (Lipinski definition) is 5. The highest BCUT2D eigenvalue weighted by Crippen LogP contribution is 2.19. The van der Waals surface area contributed by atoms with E-state index < -0.39 is 5.69 Å². The average Bonchev–Trinajstić information content (AvgIpc) is 3.38. The quantitative estimate of drug-likeness (QED) is 0.388. The van der Waals surface area contributed by atoms with Crippen molar-refractivity contribution in [1.29, 1.82) is 0 Å². The van der Waals surface area contributed by atoms with E-state index in [-0.39, 0.29) is 36.5 Å². The molecule has 0 bridgehead atoms. The number of unbranched alkanes of at least 4 members (excludes halogenated alkanes) is 2. The first-order chi connectivity index (χ1) is 17.9. The van der Waals surface area contributed by atoms with Crippen LogP contribution in [-0.2, 0) is 29.2 Å². The number of carbonyl (C=O) groups excluding carboxylic acids is 2. The first-order valence-corrected chi connectivity index (χ1v) is 14.1. The molecule has 0 radical (unpaired) electrons. The minimum Gasteiger partial charge on any atom is -0.352 e. The van der Waals surface area contributed by atoms with Gasteiger partial charge in [-0.1, -0.05) is 36.2 Å². The van der Waals surface area contributed by atoms with Crippen molar-refractivity contribution < 1.29 is 9.59 Å². The second-order valence-corrected chi connectivity index (χ2v) is 10.9. The van der Waals surface area contributed by atoms with Gasteiger partial charge in [0.05, 0.1) is 5.52 Å². The highest BCUT2D eigenvalue weighted by Gasteiger charge is 2.25. The Bertz CT molecular complexity index is 1380. The third-order valence-corrected chi connectivity index (χ3v) is 8.23. The van der Waals surface area contributed by atoms with Crippen LogP contribution < -0.4 is 16.6 Å². The molecule has 37 heavy (non-hydrogen) atoms. The zero-order valence-electron chi connectivity index (χ0n) is 21.1. The number of likely N-dealkylation sites (tertiary alicyclic amines) is 1. The Morgan fingerprint density at radius 2 is 1.89 bits per heavy atom. The van der Waals surface area contributed by atoms with Crippen molar-refractivity contribution >= 4 is 45.0 Å². The van der Waals surface area contributed by atoms with E-state index in [9.17, 15) is 19.2 Å². The highest BCUT2D eigenvalue weighted by molar-refractivity contribution is 7.17. The summed E-state index contributed by atoms with van der Waals surface area (Å²) >= 11 is 7.41. The van der Waals surface area contributed by atoms with E-state index in [0.717, 1.165) is 24.8 Å². The zero-order valence-corrected chi connectivity index (χ0v) is 22.7. The molecule has 1 fully saturated rings. The zero-order chi connectivity index (χ0) is 26.4. The number of rotatable bonds is 10. The lowest BCUT2D eigenvalue weighted by Crippen LogP contribution is -2.46. The van der Waals surface area contributed by atoms with Crippen molar-refractivity contribution in [3.05, 3.63) is 67.1 Å². The normalized spacial score (nSPS) is 15.7. The van der Waals surface area contributed by atoms with E-state index in [1.165, 1.54) is 20.5 Å². The van der Waals surface area contributed by atoms with Crippen molar-refractivity contribution in [1.82, 2.24) is 19.4 Å². The summed E-state index contributed by atoms with van der Waals surface area (Å²) in [7, 11) is 0. The highest BCUT2D eigenvalue weighted by atomic mass is 35.5. The van der Waals surface area contributed by atoms with Crippen molar-refractivity contribution in [2.24, 2.45) is 0 Å².